The SMILES string of the molecule is CC1=N[C@](C)(c2cc(NC(=O)c3ncc(OC(F)F)cc3C)ccc2F)C=C(CF)O1. The number of ether oxygens (including phenoxy) is 2. The average molecular weight is 437 g/mol. The van der Waals surface area contributed by atoms with Crippen LogP contribution in [0.3, 0.4) is 0 Å². The van der Waals surface area contributed by atoms with E-state index in [0.29, 0.717) is 5.56 Å². The molecule has 2 heterocycles. The van der Waals surface area contributed by atoms with Gasteiger partial charge >= 0.3 is 6.61 Å². The number of halogens is 4. The molecule has 0 unspecified atom stereocenters. The number of aromatic nitrogens is 1. The molecule has 0 aliphatic carbocycles. The summed E-state index contributed by atoms with van der Waals surface area (Å²) >= 11 is 0. The fraction of sp³-hybridized carbons (Fsp3) is 0.286. The number of rotatable bonds is 6. The van der Waals surface area contributed by atoms with Gasteiger partial charge in [-0.1, -0.05) is 0 Å². The lowest BCUT2D eigenvalue weighted by Crippen LogP contribution is -2.26. The zero-order valence-corrected chi connectivity index (χ0v) is 16.9. The maximum absolute atomic E-state index is 14.6. The van der Waals surface area contributed by atoms with Crippen molar-refractivity contribution >= 4 is 17.5 Å². The average Bonchev–Trinajstić information content (AvgIpc) is 2.68. The van der Waals surface area contributed by atoms with Crippen LogP contribution in [0.25, 0.3) is 0 Å². The second-order valence-electron chi connectivity index (χ2n) is 6.99. The predicted molar refractivity (Wildman–Crippen MR) is 106 cm³/mol. The lowest BCUT2D eigenvalue weighted by Gasteiger charge is -2.28. The molecule has 6 nitrogen and oxygen atoms in total. The number of allylic oxidation sites excluding steroid dienone is 1. The third-order valence-corrected chi connectivity index (χ3v) is 4.51. The highest BCUT2D eigenvalue weighted by Gasteiger charge is 2.32. The van der Waals surface area contributed by atoms with E-state index in [1.54, 1.807) is 6.92 Å². The molecule has 1 aliphatic heterocycles. The Morgan fingerprint density at radius 1 is 1.29 bits per heavy atom. The van der Waals surface area contributed by atoms with Gasteiger partial charge in [-0.2, -0.15) is 8.78 Å². The van der Waals surface area contributed by atoms with Crippen LogP contribution in [0.4, 0.5) is 23.2 Å². The zero-order valence-electron chi connectivity index (χ0n) is 16.9. The Hall–Kier alpha value is -3.43. The lowest BCUT2D eigenvalue weighted by atomic mass is 9.90. The molecule has 1 aliphatic rings. The lowest BCUT2D eigenvalue weighted by molar-refractivity contribution is -0.0501. The molecule has 2 aromatic rings. The number of aliphatic imine (C=N–C) groups is 1. The van der Waals surface area contributed by atoms with Crippen molar-refractivity contribution in [1.82, 2.24) is 4.98 Å². The molecule has 1 amide bonds. The van der Waals surface area contributed by atoms with E-state index in [1.165, 1.54) is 38.1 Å². The number of aryl methyl sites for hydroxylation is 1. The summed E-state index contributed by atoms with van der Waals surface area (Å²) in [4.78, 5) is 20.8. The fourth-order valence-electron chi connectivity index (χ4n) is 3.25. The Kier molecular flexibility index (Phi) is 6.28. The third kappa shape index (κ3) is 5.01. The van der Waals surface area contributed by atoms with Gasteiger partial charge in [-0.05, 0) is 49.8 Å². The van der Waals surface area contributed by atoms with Gasteiger partial charge in [0, 0.05) is 18.2 Å². The topological polar surface area (TPSA) is 72.8 Å². The van der Waals surface area contributed by atoms with Crippen molar-refractivity contribution in [1.29, 1.82) is 0 Å². The molecule has 1 N–H and O–H groups in total. The maximum Gasteiger partial charge on any atom is 0.387 e. The highest BCUT2D eigenvalue weighted by molar-refractivity contribution is 6.03. The second kappa shape index (κ2) is 8.75. The second-order valence-corrected chi connectivity index (χ2v) is 6.99. The first-order valence-electron chi connectivity index (χ1n) is 9.16. The van der Waals surface area contributed by atoms with Crippen LogP contribution in [0.1, 0.15) is 35.5 Å². The highest BCUT2D eigenvalue weighted by Crippen LogP contribution is 2.35. The molecule has 0 fully saturated rings. The number of carbonyl (C=O) groups excluding carboxylic acids is 1. The number of pyridine rings is 1. The van der Waals surface area contributed by atoms with Gasteiger partial charge in [-0.25, -0.2) is 18.8 Å². The van der Waals surface area contributed by atoms with Crippen LogP contribution < -0.4 is 10.1 Å². The van der Waals surface area contributed by atoms with Gasteiger partial charge in [0.2, 0.25) is 0 Å². The Bertz CT molecular complexity index is 1070. The summed E-state index contributed by atoms with van der Waals surface area (Å²) in [6.45, 7) is 0.742. The quantitative estimate of drug-likeness (QED) is 0.653. The van der Waals surface area contributed by atoms with E-state index in [4.69, 9.17) is 4.74 Å². The van der Waals surface area contributed by atoms with E-state index in [-0.39, 0.29) is 34.4 Å². The van der Waals surface area contributed by atoms with Crippen LogP contribution in [0.5, 0.6) is 5.75 Å². The van der Waals surface area contributed by atoms with Crippen LogP contribution in [-0.2, 0) is 10.3 Å². The molecule has 0 saturated carbocycles. The number of alkyl halides is 3. The summed E-state index contributed by atoms with van der Waals surface area (Å²) in [7, 11) is 0. The summed E-state index contributed by atoms with van der Waals surface area (Å²) in [6.07, 6.45) is 2.38. The summed E-state index contributed by atoms with van der Waals surface area (Å²) < 4.78 is 61.8. The Balaban J connectivity index is 1.88. The third-order valence-electron chi connectivity index (χ3n) is 4.51. The number of carbonyl (C=O) groups is 1. The van der Waals surface area contributed by atoms with Crippen LogP contribution in [0.15, 0.2) is 47.3 Å². The minimum atomic E-state index is -3.01. The molecule has 10 heteroatoms. The molecule has 3 rings (SSSR count). The number of hydrogen-bond acceptors (Lipinski definition) is 5. The van der Waals surface area contributed by atoms with E-state index in [9.17, 15) is 22.4 Å². The van der Waals surface area contributed by atoms with Crippen molar-refractivity contribution in [3.63, 3.8) is 0 Å². The van der Waals surface area contributed by atoms with Crippen molar-refractivity contribution in [3.8, 4) is 5.75 Å². The summed E-state index contributed by atoms with van der Waals surface area (Å²) in [5, 5.41) is 2.59. The molecule has 0 spiro atoms. The van der Waals surface area contributed by atoms with Gasteiger partial charge in [-0.3, -0.25) is 4.79 Å². The first-order valence-corrected chi connectivity index (χ1v) is 9.16. The molecule has 0 radical (unpaired) electrons. The maximum atomic E-state index is 14.6. The summed E-state index contributed by atoms with van der Waals surface area (Å²) in [5.74, 6) is -1.22. The zero-order chi connectivity index (χ0) is 22.8. The van der Waals surface area contributed by atoms with Crippen molar-refractivity contribution in [2.45, 2.75) is 32.9 Å². The highest BCUT2D eigenvalue weighted by atomic mass is 19.3. The Morgan fingerprint density at radius 2 is 2.03 bits per heavy atom. The van der Waals surface area contributed by atoms with Crippen LogP contribution in [0.2, 0.25) is 0 Å². The van der Waals surface area contributed by atoms with Gasteiger partial charge in [0.15, 0.2) is 5.90 Å². The van der Waals surface area contributed by atoms with E-state index >= 15 is 0 Å². The van der Waals surface area contributed by atoms with Gasteiger partial charge in [0.1, 0.15) is 35.2 Å². The van der Waals surface area contributed by atoms with Crippen molar-refractivity contribution in [2.24, 2.45) is 4.99 Å². The number of amides is 1. The summed E-state index contributed by atoms with van der Waals surface area (Å²) in [6, 6.07) is 5.14. The van der Waals surface area contributed by atoms with E-state index in [0.717, 1.165) is 12.3 Å². The number of anilines is 1. The van der Waals surface area contributed by atoms with Crippen molar-refractivity contribution < 1.29 is 31.8 Å². The first kappa shape index (κ1) is 22.3. The molecule has 0 saturated heterocycles. The molecule has 1 aromatic heterocycles. The predicted octanol–water partition coefficient (Wildman–Crippen LogP) is 4.90. The molecule has 0 bridgehead atoms. The van der Waals surface area contributed by atoms with Gasteiger partial charge < -0.3 is 14.8 Å². The van der Waals surface area contributed by atoms with E-state index in [2.05, 4.69) is 20.0 Å². The van der Waals surface area contributed by atoms with E-state index < -0.39 is 30.5 Å². The van der Waals surface area contributed by atoms with Gasteiger partial charge in [-0.15, -0.1) is 0 Å². The normalized spacial score (nSPS) is 18.2. The Morgan fingerprint density at radius 3 is 2.68 bits per heavy atom. The minimum absolute atomic E-state index is 0.00905. The largest absolute Gasteiger partial charge is 0.445 e. The van der Waals surface area contributed by atoms with Gasteiger partial charge in [0.05, 0.1) is 6.20 Å². The Labute approximate surface area is 175 Å². The van der Waals surface area contributed by atoms with Crippen molar-refractivity contribution in [3.05, 3.63) is 64.9 Å². The molecule has 1 atom stereocenters. The molecule has 31 heavy (non-hydrogen) atoms. The van der Waals surface area contributed by atoms with Crippen molar-refractivity contribution in [2.75, 3.05) is 12.0 Å². The molecule has 1 aromatic carbocycles. The molecular weight excluding hydrogens is 418 g/mol. The van der Waals surface area contributed by atoms with Crippen LogP contribution in [0, 0.1) is 12.7 Å². The standard InChI is InChI=1S/C21H19F4N3O3/c1-11-6-14(31-20(24)25)10-26-18(11)19(29)27-13-4-5-17(23)16(7-13)21(3)8-15(9-22)30-12(2)28-21/h4-8,10,20H,9H2,1-3H3,(H,27,29)/t21-/m0/s1. The summed E-state index contributed by atoms with van der Waals surface area (Å²) in [5.41, 5.74) is -0.601. The molecule has 164 valence electrons. The number of hydrogen-bond donors (Lipinski definition) is 1. The van der Waals surface area contributed by atoms with Crippen LogP contribution in [-0.4, -0.2) is 30.1 Å². The number of nitrogens with one attached hydrogen (secondary N) is 1. The minimum Gasteiger partial charge on any atom is -0.445 e. The van der Waals surface area contributed by atoms with E-state index in [1.807, 2.05) is 0 Å². The fourth-order valence-corrected chi connectivity index (χ4v) is 3.25. The first-order chi connectivity index (χ1) is 14.6. The number of nitrogens with zero attached hydrogens (tertiary/aromatic N) is 2. The van der Waals surface area contributed by atoms with Crippen LogP contribution >= 0.6 is 0 Å². The smallest absolute Gasteiger partial charge is 0.387 e. The number of benzene rings is 1. The monoisotopic (exact) mass is 437 g/mol. The molecular formula is C21H19F4N3O3. The van der Waals surface area contributed by atoms with Gasteiger partial charge in [0.25, 0.3) is 5.91 Å².